The van der Waals surface area contributed by atoms with Gasteiger partial charge in [0.1, 0.15) is 6.23 Å². The van der Waals surface area contributed by atoms with E-state index < -0.39 is 0 Å². The molecule has 2 fully saturated rings. The third-order valence-electron chi connectivity index (χ3n) is 3.93. The maximum atomic E-state index is 11.6. The summed E-state index contributed by atoms with van der Waals surface area (Å²) in [5, 5.41) is 0. The smallest absolute Gasteiger partial charge is 0.221 e. The number of nitrogens with zero attached hydrogens (tertiary/aromatic N) is 1. The quantitative estimate of drug-likeness (QED) is 0.665. The lowest BCUT2D eigenvalue weighted by atomic mass is 9.95. The van der Waals surface area contributed by atoms with E-state index in [0.29, 0.717) is 12.0 Å². The van der Waals surface area contributed by atoms with E-state index in [0.717, 1.165) is 6.42 Å². The highest BCUT2D eigenvalue weighted by atomic mass is 16.5. The molecule has 1 aliphatic carbocycles. The molecular weight excluding hydrogens is 190 g/mol. The minimum atomic E-state index is 0.0376. The van der Waals surface area contributed by atoms with E-state index in [1.165, 1.54) is 32.1 Å². The van der Waals surface area contributed by atoms with Gasteiger partial charge < -0.3 is 9.64 Å². The van der Waals surface area contributed by atoms with Gasteiger partial charge in [-0.25, -0.2) is 0 Å². The highest BCUT2D eigenvalue weighted by Gasteiger charge is 2.42. The summed E-state index contributed by atoms with van der Waals surface area (Å²) in [6.07, 6.45) is 7.44. The monoisotopic (exact) mass is 211 g/mol. The normalized spacial score (nSPS) is 36.1. The van der Waals surface area contributed by atoms with Crippen LogP contribution in [0.25, 0.3) is 0 Å². The Morgan fingerprint density at radius 1 is 1.27 bits per heavy atom. The zero-order valence-electron chi connectivity index (χ0n) is 9.74. The predicted molar refractivity (Wildman–Crippen MR) is 58.3 cm³/mol. The van der Waals surface area contributed by atoms with E-state index in [2.05, 4.69) is 0 Å². The van der Waals surface area contributed by atoms with Gasteiger partial charge in [-0.15, -0.1) is 0 Å². The van der Waals surface area contributed by atoms with E-state index in [4.69, 9.17) is 4.74 Å². The van der Waals surface area contributed by atoms with E-state index in [-0.39, 0.29) is 12.1 Å². The van der Waals surface area contributed by atoms with Crippen molar-refractivity contribution in [2.24, 2.45) is 5.92 Å². The van der Waals surface area contributed by atoms with Crippen molar-refractivity contribution in [3.63, 3.8) is 0 Å². The Labute approximate surface area is 91.8 Å². The average molecular weight is 211 g/mol. The molecule has 3 nitrogen and oxygen atoms in total. The van der Waals surface area contributed by atoms with Gasteiger partial charge in [-0.1, -0.05) is 19.3 Å². The first-order chi connectivity index (χ1) is 7.24. The van der Waals surface area contributed by atoms with Crippen LogP contribution in [0.15, 0.2) is 0 Å². The summed E-state index contributed by atoms with van der Waals surface area (Å²) < 4.78 is 5.42. The minimum absolute atomic E-state index is 0.0376. The van der Waals surface area contributed by atoms with Crippen LogP contribution in [0.2, 0.25) is 0 Å². The SMILES string of the molecule is COC1CC2CCCCCC2N1C(C)=O. The molecule has 1 saturated carbocycles. The number of methoxy groups -OCH3 is 1. The van der Waals surface area contributed by atoms with Crippen molar-refractivity contribution in [3.8, 4) is 0 Å². The second kappa shape index (κ2) is 4.52. The van der Waals surface area contributed by atoms with Crippen LogP contribution in [0.4, 0.5) is 0 Å². The fraction of sp³-hybridized carbons (Fsp3) is 0.917. The first kappa shape index (κ1) is 10.9. The third-order valence-corrected chi connectivity index (χ3v) is 3.93. The van der Waals surface area contributed by atoms with Gasteiger partial charge in [-0.3, -0.25) is 4.79 Å². The molecule has 1 heterocycles. The molecule has 0 radical (unpaired) electrons. The molecule has 86 valence electrons. The highest BCUT2D eigenvalue weighted by molar-refractivity contribution is 5.74. The first-order valence-corrected chi connectivity index (χ1v) is 6.05. The fourth-order valence-electron chi connectivity index (χ4n) is 3.24. The molecule has 3 atom stereocenters. The molecule has 0 N–H and O–H groups in total. The van der Waals surface area contributed by atoms with Gasteiger partial charge in [0.2, 0.25) is 5.91 Å². The topological polar surface area (TPSA) is 29.5 Å². The number of hydrogen-bond acceptors (Lipinski definition) is 2. The number of hydrogen-bond donors (Lipinski definition) is 0. The Morgan fingerprint density at radius 2 is 2.00 bits per heavy atom. The fourth-order valence-corrected chi connectivity index (χ4v) is 3.24. The van der Waals surface area contributed by atoms with E-state index in [1.54, 1.807) is 14.0 Å². The van der Waals surface area contributed by atoms with E-state index >= 15 is 0 Å². The summed E-state index contributed by atoms with van der Waals surface area (Å²) in [7, 11) is 1.71. The molecule has 0 spiro atoms. The van der Waals surface area contributed by atoms with Crippen LogP contribution in [0.1, 0.15) is 45.4 Å². The van der Waals surface area contributed by atoms with Crippen LogP contribution < -0.4 is 0 Å². The van der Waals surface area contributed by atoms with Crippen LogP contribution in [0.5, 0.6) is 0 Å². The lowest BCUT2D eigenvalue weighted by Gasteiger charge is -2.29. The summed E-state index contributed by atoms with van der Waals surface area (Å²) in [4.78, 5) is 13.6. The van der Waals surface area contributed by atoms with Gasteiger partial charge in [0, 0.05) is 20.1 Å². The predicted octanol–water partition coefficient (Wildman–Crippen LogP) is 2.16. The van der Waals surface area contributed by atoms with Crippen molar-refractivity contribution in [2.45, 2.75) is 57.7 Å². The molecular formula is C12H21NO2. The largest absolute Gasteiger partial charge is 0.362 e. The van der Waals surface area contributed by atoms with Crippen molar-refractivity contribution in [1.29, 1.82) is 0 Å². The van der Waals surface area contributed by atoms with Crippen LogP contribution in [0, 0.1) is 5.92 Å². The summed E-state index contributed by atoms with van der Waals surface area (Å²) in [6.45, 7) is 1.67. The number of fused-ring (bicyclic) bond motifs is 1. The maximum Gasteiger partial charge on any atom is 0.221 e. The summed E-state index contributed by atoms with van der Waals surface area (Å²) in [6, 6.07) is 0.454. The van der Waals surface area contributed by atoms with Gasteiger partial charge >= 0.3 is 0 Å². The second-order valence-electron chi connectivity index (χ2n) is 4.82. The molecule has 1 saturated heterocycles. The van der Waals surface area contributed by atoms with Crippen LogP contribution in [0.3, 0.4) is 0 Å². The van der Waals surface area contributed by atoms with E-state index in [1.807, 2.05) is 4.90 Å². The van der Waals surface area contributed by atoms with E-state index in [9.17, 15) is 4.79 Å². The Morgan fingerprint density at radius 3 is 2.67 bits per heavy atom. The number of ether oxygens (including phenoxy) is 1. The molecule has 2 aliphatic rings. The highest BCUT2D eigenvalue weighted by Crippen LogP contribution is 2.38. The average Bonchev–Trinajstić information content (AvgIpc) is 2.42. The molecule has 0 aromatic carbocycles. The molecule has 0 bridgehead atoms. The Hall–Kier alpha value is -0.570. The number of likely N-dealkylation sites (tertiary alicyclic amines) is 1. The Bertz CT molecular complexity index is 242. The number of carbonyl (C=O) groups is 1. The lowest BCUT2D eigenvalue weighted by molar-refractivity contribution is -0.140. The van der Waals surface area contributed by atoms with Crippen molar-refractivity contribution in [1.82, 2.24) is 4.90 Å². The molecule has 3 unspecified atom stereocenters. The van der Waals surface area contributed by atoms with Gasteiger partial charge in [0.15, 0.2) is 0 Å². The van der Waals surface area contributed by atoms with Crippen molar-refractivity contribution < 1.29 is 9.53 Å². The number of amides is 1. The molecule has 15 heavy (non-hydrogen) atoms. The van der Waals surface area contributed by atoms with Crippen LogP contribution in [-0.4, -0.2) is 30.2 Å². The van der Waals surface area contributed by atoms with Gasteiger partial charge in [0.25, 0.3) is 0 Å². The molecule has 1 amide bonds. The van der Waals surface area contributed by atoms with Gasteiger partial charge in [0.05, 0.1) is 0 Å². The summed E-state index contributed by atoms with van der Waals surface area (Å²) in [5.74, 6) is 0.859. The van der Waals surface area contributed by atoms with Crippen molar-refractivity contribution in [2.75, 3.05) is 7.11 Å². The van der Waals surface area contributed by atoms with Crippen LogP contribution in [-0.2, 0) is 9.53 Å². The third kappa shape index (κ3) is 2.03. The lowest BCUT2D eigenvalue weighted by Crippen LogP contribution is -2.41. The Balaban J connectivity index is 2.14. The number of carbonyl (C=O) groups excluding carboxylic acids is 1. The van der Waals surface area contributed by atoms with Crippen molar-refractivity contribution >= 4 is 5.91 Å². The summed E-state index contributed by atoms with van der Waals surface area (Å²) >= 11 is 0. The molecule has 0 aromatic heterocycles. The number of rotatable bonds is 1. The second-order valence-corrected chi connectivity index (χ2v) is 4.82. The molecule has 3 heteroatoms. The van der Waals surface area contributed by atoms with Crippen LogP contribution >= 0.6 is 0 Å². The standard InChI is InChI=1S/C12H21NO2/c1-9(14)13-11-7-5-3-4-6-10(11)8-12(13)15-2/h10-12H,3-8H2,1-2H3. The molecule has 0 aromatic rings. The van der Waals surface area contributed by atoms with Gasteiger partial charge in [-0.05, 0) is 25.2 Å². The Kier molecular flexibility index (Phi) is 3.29. The maximum absolute atomic E-state index is 11.6. The minimum Gasteiger partial charge on any atom is -0.362 e. The molecule has 2 rings (SSSR count). The zero-order chi connectivity index (χ0) is 10.8. The van der Waals surface area contributed by atoms with Gasteiger partial charge in [-0.2, -0.15) is 0 Å². The first-order valence-electron chi connectivity index (χ1n) is 6.05. The van der Waals surface area contributed by atoms with Crippen molar-refractivity contribution in [3.05, 3.63) is 0 Å². The molecule has 1 aliphatic heterocycles. The summed E-state index contributed by atoms with van der Waals surface area (Å²) in [5.41, 5.74) is 0. The zero-order valence-corrected chi connectivity index (χ0v) is 9.74.